The van der Waals surface area contributed by atoms with E-state index in [-0.39, 0.29) is 30.7 Å². The molecule has 2 rings (SSSR count). The summed E-state index contributed by atoms with van der Waals surface area (Å²) in [4.78, 5) is 14.6. The highest BCUT2D eigenvalue weighted by atomic mass is 35.5. The van der Waals surface area contributed by atoms with Crippen LogP contribution < -0.4 is 11.1 Å². The van der Waals surface area contributed by atoms with Gasteiger partial charge in [-0.15, -0.1) is 24.8 Å². The standard InChI is InChI=1S/C15H29N3O.2ClH/c1-13-6-5-10-18(12-13)11-9-17-14(19)15(16)7-3-2-4-8-15;;/h13H,2-12,16H2,1H3,(H,17,19);2*1H. The van der Waals surface area contributed by atoms with E-state index in [9.17, 15) is 4.79 Å². The zero-order valence-electron chi connectivity index (χ0n) is 13.1. The fourth-order valence-electron chi connectivity index (χ4n) is 3.40. The fourth-order valence-corrected chi connectivity index (χ4v) is 3.40. The van der Waals surface area contributed by atoms with Crippen molar-refractivity contribution in [2.24, 2.45) is 11.7 Å². The van der Waals surface area contributed by atoms with Gasteiger partial charge in [0.15, 0.2) is 0 Å². The Morgan fingerprint density at radius 2 is 1.90 bits per heavy atom. The van der Waals surface area contributed by atoms with Crippen LogP contribution in [-0.2, 0) is 4.79 Å². The number of halogens is 2. The summed E-state index contributed by atoms with van der Waals surface area (Å²) in [7, 11) is 0. The van der Waals surface area contributed by atoms with E-state index < -0.39 is 5.54 Å². The van der Waals surface area contributed by atoms with E-state index in [1.165, 1.54) is 32.4 Å². The summed E-state index contributed by atoms with van der Waals surface area (Å²) >= 11 is 0. The summed E-state index contributed by atoms with van der Waals surface area (Å²) in [5.41, 5.74) is 5.63. The Morgan fingerprint density at radius 1 is 1.24 bits per heavy atom. The van der Waals surface area contributed by atoms with Crippen molar-refractivity contribution in [2.45, 2.75) is 57.4 Å². The molecule has 0 bridgehead atoms. The molecular formula is C15H31Cl2N3O. The van der Waals surface area contributed by atoms with Crippen molar-refractivity contribution in [1.82, 2.24) is 10.2 Å². The van der Waals surface area contributed by atoms with Gasteiger partial charge in [0.2, 0.25) is 5.91 Å². The van der Waals surface area contributed by atoms with E-state index in [2.05, 4.69) is 17.1 Å². The van der Waals surface area contributed by atoms with Crippen LogP contribution in [0.5, 0.6) is 0 Å². The molecule has 1 unspecified atom stereocenters. The van der Waals surface area contributed by atoms with Crippen molar-refractivity contribution < 1.29 is 4.79 Å². The zero-order chi connectivity index (χ0) is 13.7. The smallest absolute Gasteiger partial charge is 0.240 e. The molecule has 1 atom stereocenters. The zero-order valence-corrected chi connectivity index (χ0v) is 14.7. The molecule has 1 aliphatic heterocycles. The van der Waals surface area contributed by atoms with E-state index >= 15 is 0 Å². The van der Waals surface area contributed by atoms with E-state index in [1.54, 1.807) is 0 Å². The predicted molar refractivity (Wildman–Crippen MR) is 92.3 cm³/mol. The maximum Gasteiger partial charge on any atom is 0.240 e. The monoisotopic (exact) mass is 339 g/mol. The van der Waals surface area contributed by atoms with Crippen molar-refractivity contribution >= 4 is 30.7 Å². The number of carbonyl (C=O) groups is 1. The molecule has 1 amide bonds. The molecule has 21 heavy (non-hydrogen) atoms. The Hall–Kier alpha value is -0.0300. The molecule has 2 aliphatic rings. The summed E-state index contributed by atoms with van der Waals surface area (Å²) in [6, 6.07) is 0. The summed E-state index contributed by atoms with van der Waals surface area (Å²) < 4.78 is 0. The highest BCUT2D eigenvalue weighted by Crippen LogP contribution is 2.25. The molecule has 0 aromatic carbocycles. The van der Waals surface area contributed by atoms with Crippen LogP contribution in [-0.4, -0.2) is 42.5 Å². The molecule has 1 heterocycles. The first-order valence-corrected chi connectivity index (χ1v) is 7.90. The largest absolute Gasteiger partial charge is 0.353 e. The van der Waals surface area contributed by atoms with Gasteiger partial charge in [0, 0.05) is 19.6 Å². The van der Waals surface area contributed by atoms with Crippen LogP contribution in [0.2, 0.25) is 0 Å². The van der Waals surface area contributed by atoms with Gasteiger partial charge < -0.3 is 16.0 Å². The molecule has 1 saturated carbocycles. The lowest BCUT2D eigenvalue weighted by atomic mass is 9.82. The molecule has 126 valence electrons. The second kappa shape index (κ2) is 9.88. The van der Waals surface area contributed by atoms with Gasteiger partial charge in [-0.05, 0) is 38.1 Å². The number of likely N-dealkylation sites (tertiary alicyclic amines) is 1. The number of hydrogen-bond donors (Lipinski definition) is 2. The van der Waals surface area contributed by atoms with Gasteiger partial charge in [0.25, 0.3) is 0 Å². The van der Waals surface area contributed by atoms with Gasteiger partial charge in [-0.2, -0.15) is 0 Å². The third kappa shape index (κ3) is 6.31. The van der Waals surface area contributed by atoms with E-state index in [0.717, 1.165) is 44.7 Å². The summed E-state index contributed by atoms with van der Waals surface area (Å²) in [6.45, 7) is 6.36. The third-order valence-corrected chi connectivity index (χ3v) is 4.65. The molecule has 0 spiro atoms. The van der Waals surface area contributed by atoms with Crippen molar-refractivity contribution in [3.05, 3.63) is 0 Å². The molecule has 0 radical (unpaired) electrons. The lowest BCUT2D eigenvalue weighted by Crippen LogP contribution is -2.56. The number of rotatable bonds is 4. The SMILES string of the molecule is CC1CCCN(CCNC(=O)C2(N)CCCCC2)C1.Cl.Cl. The Morgan fingerprint density at radius 3 is 2.52 bits per heavy atom. The van der Waals surface area contributed by atoms with Gasteiger partial charge in [0.1, 0.15) is 0 Å². The van der Waals surface area contributed by atoms with Crippen LogP contribution in [0.4, 0.5) is 0 Å². The summed E-state index contributed by atoms with van der Waals surface area (Å²) in [5, 5.41) is 3.05. The van der Waals surface area contributed by atoms with E-state index in [4.69, 9.17) is 5.73 Å². The van der Waals surface area contributed by atoms with Gasteiger partial charge in [-0.25, -0.2) is 0 Å². The van der Waals surface area contributed by atoms with Gasteiger partial charge in [-0.1, -0.05) is 26.2 Å². The topological polar surface area (TPSA) is 58.4 Å². The first kappa shape index (κ1) is 21.0. The van der Waals surface area contributed by atoms with Crippen LogP contribution in [0.25, 0.3) is 0 Å². The molecule has 0 aromatic rings. The number of nitrogens with two attached hydrogens (primary N) is 1. The molecule has 3 N–H and O–H groups in total. The highest BCUT2D eigenvalue weighted by molar-refractivity contribution is 5.86. The van der Waals surface area contributed by atoms with E-state index in [0.29, 0.717) is 0 Å². The molecule has 1 aliphatic carbocycles. The van der Waals surface area contributed by atoms with Crippen molar-refractivity contribution in [3.8, 4) is 0 Å². The third-order valence-electron chi connectivity index (χ3n) is 4.65. The highest BCUT2D eigenvalue weighted by Gasteiger charge is 2.34. The Bertz CT molecular complexity index is 309. The minimum absolute atomic E-state index is 0. The minimum atomic E-state index is -0.590. The number of nitrogens with zero attached hydrogens (tertiary/aromatic N) is 1. The number of hydrogen-bond acceptors (Lipinski definition) is 3. The fraction of sp³-hybridized carbons (Fsp3) is 0.933. The van der Waals surface area contributed by atoms with Crippen LogP contribution >= 0.6 is 24.8 Å². The lowest BCUT2D eigenvalue weighted by molar-refractivity contribution is -0.127. The van der Waals surface area contributed by atoms with Crippen molar-refractivity contribution in [2.75, 3.05) is 26.2 Å². The van der Waals surface area contributed by atoms with E-state index in [1.807, 2.05) is 0 Å². The molecular weight excluding hydrogens is 309 g/mol. The quantitative estimate of drug-likeness (QED) is 0.826. The summed E-state index contributed by atoms with van der Waals surface area (Å²) in [6.07, 6.45) is 7.73. The normalized spacial score (nSPS) is 25.3. The molecule has 4 nitrogen and oxygen atoms in total. The number of carbonyl (C=O) groups excluding carboxylic acids is 1. The Kier molecular flexibility index (Phi) is 9.87. The van der Waals surface area contributed by atoms with Crippen LogP contribution in [0.1, 0.15) is 51.9 Å². The predicted octanol–water partition coefficient (Wildman–Crippen LogP) is 2.34. The molecule has 0 aromatic heterocycles. The van der Waals surface area contributed by atoms with Gasteiger partial charge >= 0.3 is 0 Å². The maximum atomic E-state index is 12.2. The summed E-state index contributed by atoms with van der Waals surface area (Å²) in [5.74, 6) is 0.862. The Balaban J connectivity index is 0.00000200. The van der Waals surface area contributed by atoms with Crippen molar-refractivity contribution in [1.29, 1.82) is 0 Å². The van der Waals surface area contributed by atoms with Crippen molar-refractivity contribution in [3.63, 3.8) is 0 Å². The van der Waals surface area contributed by atoms with Crippen LogP contribution in [0.15, 0.2) is 0 Å². The number of nitrogens with one attached hydrogen (secondary N) is 1. The first-order valence-electron chi connectivity index (χ1n) is 7.90. The average molecular weight is 340 g/mol. The lowest BCUT2D eigenvalue weighted by Gasteiger charge is -2.33. The van der Waals surface area contributed by atoms with Crippen LogP contribution in [0.3, 0.4) is 0 Å². The Labute approximate surface area is 141 Å². The molecule has 2 fully saturated rings. The second-order valence-corrected chi connectivity index (χ2v) is 6.52. The van der Waals surface area contributed by atoms with Gasteiger partial charge in [-0.3, -0.25) is 4.79 Å². The number of amides is 1. The van der Waals surface area contributed by atoms with Crippen LogP contribution in [0, 0.1) is 5.92 Å². The minimum Gasteiger partial charge on any atom is -0.353 e. The second-order valence-electron chi connectivity index (χ2n) is 6.52. The maximum absolute atomic E-state index is 12.2. The van der Waals surface area contributed by atoms with Gasteiger partial charge in [0.05, 0.1) is 5.54 Å². The molecule has 6 heteroatoms. The number of piperidine rings is 1. The first-order chi connectivity index (χ1) is 9.10. The molecule has 1 saturated heterocycles. The average Bonchev–Trinajstić information content (AvgIpc) is 2.39.